The molecule has 48 heavy (non-hydrogen) atoms. The zero-order valence-electron chi connectivity index (χ0n) is 28.8. The van der Waals surface area contributed by atoms with Gasteiger partial charge in [0.25, 0.3) is 11.8 Å². The van der Waals surface area contributed by atoms with Crippen molar-refractivity contribution in [1.82, 2.24) is 30.8 Å². The lowest BCUT2D eigenvalue weighted by atomic mass is 9.82. The van der Waals surface area contributed by atoms with E-state index in [9.17, 15) is 28.8 Å². The Bertz CT molecular complexity index is 1390. The van der Waals surface area contributed by atoms with Crippen molar-refractivity contribution < 1.29 is 28.8 Å². The lowest BCUT2D eigenvalue weighted by Crippen LogP contribution is -2.62. The highest BCUT2D eigenvalue weighted by atomic mass is 16.2. The van der Waals surface area contributed by atoms with E-state index in [0.29, 0.717) is 12.8 Å². The average Bonchev–Trinajstić information content (AvgIpc) is 3.77. The Balaban J connectivity index is 1.59. The van der Waals surface area contributed by atoms with Gasteiger partial charge in [-0.25, -0.2) is 4.98 Å². The van der Waals surface area contributed by atoms with E-state index in [1.54, 1.807) is 0 Å². The number of carbonyl (C=O) groups excluding carboxylic acids is 6. The monoisotopic (exact) mass is 665 g/mol. The van der Waals surface area contributed by atoms with Crippen LogP contribution in [0.1, 0.15) is 103 Å². The van der Waals surface area contributed by atoms with Crippen LogP contribution in [0.5, 0.6) is 0 Å². The molecule has 1 aliphatic heterocycles. The molecule has 0 radical (unpaired) electrons. The number of amides is 5. The van der Waals surface area contributed by atoms with Gasteiger partial charge in [0.2, 0.25) is 23.5 Å². The van der Waals surface area contributed by atoms with Crippen molar-refractivity contribution in [2.75, 3.05) is 6.54 Å². The Kier molecular flexibility index (Phi) is 12.1. The van der Waals surface area contributed by atoms with Crippen LogP contribution >= 0.6 is 0 Å². The molecule has 2 aliphatic carbocycles. The van der Waals surface area contributed by atoms with Crippen LogP contribution in [0.15, 0.2) is 30.2 Å². The number of Topliss-reactive ketones (excluding diaryl/α,β-unsaturated/α-hetero) is 1. The minimum Gasteiger partial charge on any atom is -0.363 e. The van der Waals surface area contributed by atoms with Gasteiger partial charge in [0.05, 0.1) is 12.2 Å². The Morgan fingerprint density at radius 1 is 0.979 bits per heavy atom. The summed E-state index contributed by atoms with van der Waals surface area (Å²) < 4.78 is 0. The second-order valence-corrected chi connectivity index (χ2v) is 15.0. The lowest BCUT2D eigenvalue weighted by molar-refractivity contribution is -0.145. The first-order valence-corrected chi connectivity index (χ1v) is 17.1. The quantitative estimate of drug-likeness (QED) is 0.182. The standard InChI is InChI=1S/C35H51N7O6/c1-20(2)15-22-17-26(32(46)39-24(16-21-11-12-21)28(43)30(36)44)42(19-22)34(48)29(35(3,4)5)41-33(47)27(23-9-7-6-8-10-23)40-31(45)25-18-37-13-14-38-25/h13-15,18,21-24,26-27,29H,6-12,16-17,19H2,1-5H3,(H2,36,44)(H,39,46)(H,40,45)(H,41,47)/t22?,24?,26-,27-,29+/m0/s1. The van der Waals surface area contributed by atoms with Crippen LogP contribution in [0.2, 0.25) is 0 Å². The van der Waals surface area contributed by atoms with E-state index in [2.05, 4.69) is 25.9 Å². The number of carbonyl (C=O) groups is 6. The molecule has 4 rings (SSSR count). The van der Waals surface area contributed by atoms with Crippen LogP contribution in [0.25, 0.3) is 0 Å². The fourth-order valence-corrected chi connectivity index (χ4v) is 6.85. The summed E-state index contributed by atoms with van der Waals surface area (Å²) in [4.78, 5) is 89.5. The van der Waals surface area contributed by atoms with Gasteiger partial charge in [0.15, 0.2) is 0 Å². The van der Waals surface area contributed by atoms with Gasteiger partial charge in [-0.05, 0) is 62.7 Å². The summed E-state index contributed by atoms with van der Waals surface area (Å²) >= 11 is 0. The maximum atomic E-state index is 14.5. The van der Waals surface area contributed by atoms with Gasteiger partial charge in [0.1, 0.15) is 23.8 Å². The first kappa shape index (κ1) is 36.7. The molecule has 2 unspecified atom stereocenters. The summed E-state index contributed by atoms with van der Waals surface area (Å²) in [7, 11) is 0. The number of rotatable bonds is 13. The van der Waals surface area contributed by atoms with Gasteiger partial charge in [-0.1, -0.05) is 64.5 Å². The molecule has 5 amide bonds. The molecule has 1 aromatic rings. The zero-order valence-corrected chi connectivity index (χ0v) is 28.8. The van der Waals surface area contributed by atoms with Crippen molar-refractivity contribution in [3.63, 3.8) is 0 Å². The number of nitrogens with zero attached hydrogens (tertiary/aromatic N) is 3. The first-order chi connectivity index (χ1) is 22.6. The third-order valence-corrected chi connectivity index (χ3v) is 9.52. The largest absolute Gasteiger partial charge is 0.363 e. The summed E-state index contributed by atoms with van der Waals surface area (Å²) in [5, 5.41) is 8.57. The van der Waals surface area contributed by atoms with E-state index < -0.39 is 64.9 Å². The van der Waals surface area contributed by atoms with Crippen molar-refractivity contribution in [2.45, 2.75) is 117 Å². The number of hydrogen-bond acceptors (Lipinski definition) is 8. The summed E-state index contributed by atoms with van der Waals surface area (Å²) in [5.41, 5.74) is 5.64. The molecule has 13 nitrogen and oxygen atoms in total. The molecule has 0 spiro atoms. The number of nitrogens with one attached hydrogen (secondary N) is 3. The highest BCUT2D eigenvalue weighted by Gasteiger charge is 2.46. The minimum atomic E-state index is -1.11. The van der Waals surface area contributed by atoms with Gasteiger partial charge in [-0.3, -0.25) is 33.8 Å². The van der Waals surface area contributed by atoms with E-state index >= 15 is 0 Å². The SMILES string of the molecule is CC(C)=CC1C[C@@H](C(=O)NC(CC2CC2)C(=O)C(N)=O)N(C(=O)[C@@H](NC(=O)[C@@H](NC(=O)c2cnccn2)C2CCCCC2)C(C)(C)C)C1. The van der Waals surface area contributed by atoms with Crippen molar-refractivity contribution in [1.29, 1.82) is 0 Å². The second-order valence-electron chi connectivity index (χ2n) is 15.0. The zero-order chi connectivity index (χ0) is 35.2. The van der Waals surface area contributed by atoms with Crippen LogP contribution in [0.3, 0.4) is 0 Å². The van der Waals surface area contributed by atoms with E-state index in [-0.39, 0.29) is 30.0 Å². The Labute approximate surface area is 282 Å². The van der Waals surface area contributed by atoms with Crippen molar-refractivity contribution in [2.24, 2.45) is 28.9 Å². The van der Waals surface area contributed by atoms with Crippen LogP contribution in [-0.2, 0) is 24.0 Å². The highest BCUT2D eigenvalue weighted by Crippen LogP contribution is 2.35. The van der Waals surface area contributed by atoms with Crippen molar-refractivity contribution in [3.05, 3.63) is 35.9 Å². The third-order valence-electron chi connectivity index (χ3n) is 9.52. The smallest absolute Gasteiger partial charge is 0.287 e. The molecule has 5 N–H and O–H groups in total. The fourth-order valence-electron chi connectivity index (χ4n) is 6.85. The van der Waals surface area contributed by atoms with Gasteiger partial charge >= 0.3 is 0 Å². The number of hydrogen-bond donors (Lipinski definition) is 4. The van der Waals surface area contributed by atoms with Crippen LogP contribution in [-0.4, -0.2) is 80.9 Å². The average molecular weight is 666 g/mol. The summed E-state index contributed by atoms with van der Waals surface area (Å²) in [5.74, 6) is -4.00. The lowest BCUT2D eigenvalue weighted by Gasteiger charge is -2.37. The van der Waals surface area contributed by atoms with Crippen LogP contribution < -0.4 is 21.7 Å². The summed E-state index contributed by atoms with van der Waals surface area (Å²) in [6.45, 7) is 9.61. The topological polar surface area (TPSA) is 194 Å². The number of primary amides is 1. The molecule has 1 saturated heterocycles. The minimum absolute atomic E-state index is 0.0839. The van der Waals surface area contributed by atoms with Gasteiger partial charge in [-0.2, -0.15) is 0 Å². The maximum absolute atomic E-state index is 14.5. The van der Waals surface area contributed by atoms with E-state index in [1.807, 2.05) is 40.7 Å². The Morgan fingerprint density at radius 3 is 2.23 bits per heavy atom. The predicted molar refractivity (Wildman–Crippen MR) is 178 cm³/mol. The molecule has 3 fully saturated rings. The van der Waals surface area contributed by atoms with E-state index in [1.165, 1.54) is 23.5 Å². The predicted octanol–water partition coefficient (Wildman–Crippen LogP) is 2.21. The van der Waals surface area contributed by atoms with Crippen LogP contribution in [0.4, 0.5) is 0 Å². The maximum Gasteiger partial charge on any atom is 0.287 e. The molecule has 3 aliphatic rings. The molecule has 13 heteroatoms. The molecular weight excluding hydrogens is 614 g/mol. The fraction of sp³-hybridized carbons (Fsp3) is 0.657. The normalized spacial score (nSPS) is 21.7. The highest BCUT2D eigenvalue weighted by molar-refractivity contribution is 6.37. The van der Waals surface area contributed by atoms with Gasteiger partial charge < -0.3 is 26.6 Å². The summed E-state index contributed by atoms with van der Waals surface area (Å²) in [6.07, 6.45) is 13.0. The van der Waals surface area contributed by atoms with Gasteiger partial charge in [-0.15, -0.1) is 0 Å². The number of likely N-dealkylation sites (tertiary alicyclic amines) is 1. The molecule has 1 aromatic heterocycles. The number of ketones is 1. The molecular formula is C35H51N7O6. The number of allylic oxidation sites excluding steroid dienone is 1. The van der Waals surface area contributed by atoms with Crippen molar-refractivity contribution >= 4 is 35.3 Å². The van der Waals surface area contributed by atoms with Crippen molar-refractivity contribution in [3.8, 4) is 0 Å². The molecule has 262 valence electrons. The molecule has 0 bridgehead atoms. The number of aromatic nitrogens is 2. The van der Waals surface area contributed by atoms with E-state index in [4.69, 9.17) is 5.73 Å². The molecule has 0 aromatic carbocycles. The number of nitrogens with two attached hydrogens (primary N) is 1. The molecule has 2 saturated carbocycles. The van der Waals surface area contributed by atoms with Gasteiger partial charge in [0, 0.05) is 18.9 Å². The Hall–Kier alpha value is -4.16. The second kappa shape index (κ2) is 15.8. The van der Waals surface area contributed by atoms with E-state index in [0.717, 1.165) is 50.5 Å². The first-order valence-electron chi connectivity index (χ1n) is 17.1. The third kappa shape index (κ3) is 9.70. The van der Waals surface area contributed by atoms with Crippen LogP contribution in [0, 0.1) is 23.2 Å². The molecule has 5 atom stereocenters. The molecule has 2 heterocycles. The summed E-state index contributed by atoms with van der Waals surface area (Å²) in [6, 6.07) is -3.95. The Morgan fingerprint density at radius 2 is 1.67 bits per heavy atom.